The first-order chi connectivity index (χ1) is 40.0. The predicted molar refractivity (Wildman–Crippen MR) is 352 cm³/mol. The largest absolute Gasteiger partial charge is 0.462 e. The summed E-state index contributed by atoms with van der Waals surface area (Å²) in [5.41, 5.74) is 0. The van der Waals surface area contributed by atoms with E-state index in [1.54, 1.807) is 0 Å². The molecule has 0 aromatic heterocycles. The van der Waals surface area contributed by atoms with Crippen molar-refractivity contribution in [3.63, 3.8) is 0 Å². The van der Waals surface area contributed by atoms with Crippen LogP contribution in [0.3, 0.4) is 0 Å². The highest BCUT2D eigenvalue weighted by Crippen LogP contribution is 2.15. The van der Waals surface area contributed by atoms with E-state index in [9.17, 15) is 14.4 Å². The first-order valence-electron chi connectivity index (χ1n) is 33.0. The standard InChI is InChI=1S/C75H120O6/c1-4-7-10-13-16-18-20-22-24-26-28-30-32-33-34-35-36-37-38-39-40-41-43-44-46-48-50-52-54-56-59-62-65-68-74(77)80-71-72(70-79-73(76)67-64-61-58-15-12-9-6-3)81-75(78)69-66-63-60-57-55-53-51-49-47-45-42-31-29-27-25-23-21-19-17-14-11-8-5-2/h7-8,10-11,16-19,22-25,28-31,33-34,36-37,39-40,45,47,51,53,72H,4-6,9,12-15,20-21,26-27,32,35,38,41-44,46,48-50,52,54-71H2,1-3H3/b10-7-,11-8-,18-16-,19-17-,24-22-,25-23-,30-28-,31-29-,34-33-,37-36-,40-39-,47-45-,53-51-. The smallest absolute Gasteiger partial charge is 0.306 e. The van der Waals surface area contributed by atoms with Gasteiger partial charge in [-0.15, -0.1) is 0 Å². The number of esters is 3. The summed E-state index contributed by atoms with van der Waals surface area (Å²) in [6.07, 6.45) is 98.5. The fourth-order valence-corrected chi connectivity index (χ4v) is 8.66. The quantitative estimate of drug-likeness (QED) is 0.0261. The van der Waals surface area contributed by atoms with Crippen molar-refractivity contribution in [1.82, 2.24) is 0 Å². The highest BCUT2D eigenvalue weighted by Gasteiger charge is 2.19. The van der Waals surface area contributed by atoms with Crippen molar-refractivity contribution in [2.45, 2.75) is 284 Å². The van der Waals surface area contributed by atoms with Gasteiger partial charge in [0.15, 0.2) is 6.10 Å². The van der Waals surface area contributed by atoms with E-state index < -0.39 is 6.10 Å². The zero-order valence-corrected chi connectivity index (χ0v) is 52.2. The van der Waals surface area contributed by atoms with Gasteiger partial charge >= 0.3 is 17.9 Å². The summed E-state index contributed by atoms with van der Waals surface area (Å²) in [4.78, 5) is 38.1. The summed E-state index contributed by atoms with van der Waals surface area (Å²) >= 11 is 0. The monoisotopic (exact) mass is 1120 g/mol. The zero-order valence-electron chi connectivity index (χ0n) is 52.2. The summed E-state index contributed by atoms with van der Waals surface area (Å²) in [7, 11) is 0. The van der Waals surface area contributed by atoms with Crippen LogP contribution in [0.1, 0.15) is 278 Å². The Bertz CT molecular complexity index is 1810. The van der Waals surface area contributed by atoms with Gasteiger partial charge < -0.3 is 14.2 Å². The number of carbonyl (C=O) groups excluding carboxylic acids is 3. The summed E-state index contributed by atoms with van der Waals surface area (Å²) in [6.45, 7) is 6.34. The molecule has 0 saturated carbocycles. The van der Waals surface area contributed by atoms with Crippen LogP contribution in [-0.4, -0.2) is 37.2 Å². The Hall–Kier alpha value is -4.97. The molecule has 1 atom stereocenters. The number of carbonyl (C=O) groups is 3. The molecule has 6 heteroatoms. The van der Waals surface area contributed by atoms with E-state index in [1.807, 2.05) is 0 Å². The van der Waals surface area contributed by atoms with Crippen LogP contribution in [0.15, 0.2) is 158 Å². The van der Waals surface area contributed by atoms with Gasteiger partial charge in [-0.3, -0.25) is 14.4 Å². The molecule has 0 radical (unpaired) electrons. The molecule has 0 fully saturated rings. The van der Waals surface area contributed by atoms with Crippen molar-refractivity contribution >= 4 is 17.9 Å². The van der Waals surface area contributed by atoms with Crippen LogP contribution in [0.5, 0.6) is 0 Å². The Morgan fingerprint density at radius 1 is 0.259 bits per heavy atom. The molecule has 0 aromatic carbocycles. The summed E-state index contributed by atoms with van der Waals surface area (Å²) in [5.74, 6) is -0.930. The van der Waals surface area contributed by atoms with E-state index >= 15 is 0 Å². The second-order valence-corrected chi connectivity index (χ2v) is 21.3. The molecule has 0 amide bonds. The molecule has 0 aromatic rings. The first kappa shape index (κ1) is 76.0. The summed E-state index contributed by atoms with van der Waals surface area (Å²) < 4.78 is 16.8. The van der Waals surface area contributed by atoms with Gasteiger partial charge in [0.25, 0.3) is 0 Å². The topological polar surface area (TPSA) is 78.9 Å². The van der Waals surface area contributed by atoms with Gasteiger partial charge in [0.05, 0.1) is 0 Å². The molecule has 0 N–H and O–H groups in total. The number of hydrogen-bond donors (Lipinski definition) is 0. The normalized spacial score (nSPS) is 13.2. The molecule has 0 aliphatic heterocycles. The number of allylic oxidation sites excluding steroid dienone is 26. The molecule has 0 spiro atoms. The first-order valence-corrected chi connectivity index (χ1v) is 33.0. The molecule has 6 nitrogen and oxygen atoms in total. The van der Waals surface area contributed by atoms with E-state index in [0.29, 0.717) is 19.3 Å². The van der Waals surface area contributed by atoms with Crippen molar-refractivity contribution < 1.29 is 28.6 Å². The second-order valence-electron chi connectivity index (χ2n) is 21.3. The third-order valence-corrected chi connectivity index (χ3v) is 13.5. The van der Waals surface area contributed by atoms with Gasteiger partial charge in [-0.1, -0.05) is 288 Å². The number of hydrogen-bond acceptors (Lipinski definition) is 6. The Morgan fingerprint density at radius 3 is 0.753 bits per heavy atom. The lowest BCUT2D eigenvalue weighted by Crippen LogP contribution is -2.30. The van der Waals surface area contributed by atoms with Crippen molar-refractivity contribution in [1.29, 1.82) is 0 Å². The predicted octanol–water partition coefficient (Wildman–Crippen LogP) is 22.9. The van der Waals surface area contributed by atoms with Crippen LogP contribution in [0.25, 0.3) is 0 Å². The van der Waals surface area contributed by atoms with Gasteiger partial charge in [0.2, 0.25) is 0 Å². The van der Waals surface area contributed by atoms with Gasteiger partial charge in [-0.2, -0.15) is 0 Å². The third-order valence-electron chi connectivity index (χ3n) is 13.5. The van der Waals surface area contributed by atoms with Gasteiger partial charge in [0.1, 0.15) is 13.2 Å². The Labute approximate surface area is 499 Å². The molecule has 81 heavy (non-hydrogen) atoms. The van der Waals surface area contributed by atoms with Crippen LogP contribution >= 0.6 is 0 Å². The van der Waals surface area contributed by atoms with E-state index in [4.69, 9.17) is 14.2 Å². The van der Waals surface area contributed by atoms with Crippen molar-refractivity contribution in [2.24, 2.45) is 0 Å². The third kappa shape index (κ3) is 65.7. The fourth-order valence-electron chi connectivity index (χ4n) is 8.66. The minimum Gasteiger partial charge on any atom is -0.462 e. The zero-order chi connectivity index (χ0) is 58.5. The maximum atomic E-state index is 12.9. The maximum absolute atomic E-state index is 12.9. The number of ether oxygens (including phenoxy) is 3. The second kappa shape index (κ2) is 67.5. The summed E-state index contributed by atoms with van der Waals surface area (Å²) in [6, 6.07) is 0. The average molecular weight is 1120 g/mol. The van der Waals surface area contributed by atoms with Crippen LogP contribution < -0.4 is 0 Å². The molecule has 0 bridgehead atoms. The van der Waals surface area contributed by atoms with Crippen molar-refractivity contribution in [3.8, 4) is 0 Å². The van der Waals surface area contributed by atoms with Crippen LogP contribution in [0.4, 0.5) is 0 Å². The molecule has 0 heterocycles. The van der Waals surface area contributed by atoms with Crippen LogP contribution in [0, 0.1) is 0 Å². The van der Waals surface area contributed by atoms with Crippen molar-refractivity contribution in [3.05, 3.63) is 158 Å². The van der Waals surface area contributed by atoms with Gasteiger partial charge in [-0.25, -0.2) is 0 Å². The Balaban J connectivity index is 4.18. The lowest BCUT2D eigenvalue weighted by Gasteiger charge is -2.18. The highest BCUT2D eigenvalue weighted by atomic mass is 16.6. The maximum Gasteiger partial charge on any atom is 0.306 e. The molecular weight excluding hydrogens is 997 g/mol. The minimum atomic E-state index is -0.797. The lowest BCUT2D eigenvalue weighted by molar-refractivity contribution is -0.167. The molecule has 0 saturated heterocycles. The molecule has 456 valence electrons. The fraction of sp³-hybridized carbons (Fsp3) is 0.613. The minimum absolute atomic E-state index is 0.0933. The molecular formula is C75H120O6. The average Bonchev–Trinajstić information content (AvgIpc) is 3.47. The van der Waals surface area contributed by atoms with Gasteiger partial charge in [0, 0.05) is 19.3 Å². The Kier molecular flexibility index (Phi) is 63.4. The van der Waals surface area contributed by atoms with Crippen LogP contribution in [0.2, 0.25) is 0 Å². The molecule has 0 rings (SSSR count). The SMILES string of the molecule is CC/C=C\C/C=C\C/C=C\C/C=C\C/C=C\C/C=C\C/C=C\CCCCCCCCCCCCCC(=O)OCC(COC(=O)CCCCCCCCC)OC(=O)CCCCCC/C=C\C/C=C\C/C=C\C/C=C\C/C=C\C/C=C\CC. The molecule has 0 aliphatic carbocycles. The van der Waals surface area contributed by atoms with E-state index in [-0.39, 0.29) is 31.1 Å². The highest BCUT2D eigenvalue weighted by molar-refractivity contribution is 5.71. The van der Waals surface area contributed by atoms with E-state index in [1.165, 1.54) is 83.5 Å². The van der Waals surface area contributed by atoms with Gasteiger partial charge in [-0.05, 0) is 128 Å². The van der Waals surface area contributed by atoms with E-state index in [2.05, 4.69) is 179 Å². The van der Waals surface area contributed by atoms with E-state index in [0.717, 1.165) is 154 Å². The van der Waals surface area contributed by atoms with Crippen LogP contribution in [-0.2, 0) is 28.6 Å². The number of rotatable bonds is 58. The van der Waals surface area contributed by atoms with Crippen molar-refractivity contribution in [2.75, 3.05) is 13.2 Å². The molecule has 1 unspecified atom stereocenters. The lowest BCUT2D eigenvalue weighted by atomic mass is 10.0. The summed E-state index contributed by atoms with van der Waals surface area (Å²) in [5, 5.41) is 0. The molecule has 0 aliphatic rings. The Morgan fingerprint density at radius 2 is 0.481 bits per heavy atom. The number of unbranched alkanes of at least 4 members (excludes halogenated alkanes) is 21.